The lowest BCUT2D eigenvalue weighted by Gasteiger charge is -2.19. The molecule has 1 aromatic carbocycles. The molecule has 1 unspecified atom stereocenters. The maximum absolute atomic E-state index is 13.3. The van der Waals surface area contributed by atoms with Gasteiger partial charge in [0.05, 0.1) is 0 Å². The van der Waals surface area contributed by atoms with Gasteiger partial charge >= 0.3 is 0 Å². The Bertz CT molecular complexity index is 600. The summed E-state index contributed by atoms with van der Waals surface area (Å²) in [5.74, 6) is 1.09. The van der Waals surface area contributed by atoms with E-state index in [-0.39, 0.29) is 11.9 Å². The van der Waals surface area contributed by atoms with Crippen molar-refractivity contribution in [2.45, 2.75) is 33.2 Å². The average molecular weight is 356 g/mol. The Morgan fingerprint density at radius 3 is 2.81 bits per heavy atom. The smallest absolute Gasteiger partial charge is 0.228 e. The summed E-state index contributed by atoms with van der Waals surface area (Å²) in [6, 6.07) is 4.69. The highest BCUT2D eigenvalue weighted by atomic mass is 79.9. The molecule has 0 spiro atoms. The van der Waals surface area contributed by atoms with Gasteiger partial charge in [0, 0.05) is 22.5 Å². The first-order valence-corrected chi connectivity index (χ1v) is 7.82. The van der Waals surface area contributed by atoms with Crippen molar-refractivity contribution in [2.24, 2.45) is 5.92 Å². The van der Waals surface area contributed by atoms with Gasteiger partial charge < -0.3 is 9.84 Å². The number of rotatable bonds is 6. The summed E-state index contributed by atoms with van der Waals surface area (Å²) in [5.41, 5.74) is 0.592. The lowest BCUT2D eigenvalue weighted by atomic mass is 10.0. The Labute approximate surface area is 132 Å². The second-order valence-corrected chi connectivity index (χ2v) is 6.10. The third kappa shape index (κ3) is 4.11. The summed E-state index contributed by atoms with van der Waals surface area (Å²) >= 11 is 3.37. The number of nitrogens with zero attached hydrogens (tertiary/aromatic N) is 2. The van der Waals surface area contributed by atoms with Crippen molar-refractivity contribution in [1.29, 1.82) is 0 Å². The van der Waals surface area contributed by atoms with Gasteiger partial charge in [-0.3, -0.25) is 0 Å². The molecular weight excluding hydrogens is 337 g/mol. The van der Waals surface area contributed by atoms with Crippen molar-refractivity contribution in [3.63, 3.8) is 0 Å². The zero-order valence-electron chi connectivity index (χ0n) is 12.4. The maximum Gasteiger partial charge on any atom is 0.228 e. The van der Waals surface area contributed by atoms with Gasteiger partial charge in [-0.1, -0.05) is 41.9 Å². The second-order valence-electron chi connectivity index (χ2n) is 5.25. The van der Waals surface area contributed by atoms with Crippen LogP contribution in [0.1, 0.15) is 26.7 Å². The van der Waals surface area contributed by atoms with Crippen LogP contribution in [-0.4, -0.2) is 22.7 Å². The molecule has 0 radical (unpaired) electrons. The molecule has 1 N–H and O–H groups in total. The molecule has 0 saturated carbocycles. The van der Waals surface area contributed by atoms with Crippen LogP contribution in [-0.2, 0) is 6.42 Å². The molecule has 2 aromatic rings. The summed E-state index contributed by atoms with van der Waals surface area (Å²) in [6.07, 6.45) is 0.658. The summed E-state index contributed by atoms with van der Waals surface area (Å²) in [4.78, 5) is 4.37. The van der Waals surface area contributed by atoms with Crippen molar-refractivity contribution in [3.8, 4) is 11.4 Å². The zero-order valence-corrected chi connectivity index (χ0v) is 13.9. The van der Waals surface area contributed by atoms with Gasteiger partial charge in [-0.15, -0.1) is 0 Å². The van der Waals surface area contributed by atoms with E-state index < -0.39 is 0 Å². The first-order valence-electron chi connectivity index (χ1n) is 7.02. The average Bonchev–Trinajstić information content (AvgIpc) is 2.89. The van der Waals surface area contributed by atoms with Crippen LogP contribution in [0.15, 0.2) is 27.2 Å². The van der Waals surface area contributed by atoms with Crippen molar-refractivity contribution in [3.05, 3.63) is 34.4 Å². The summed E-state index contributed by atoms with van der Waals surface area (Å²) in [7, 11) is 0. The minimum absolute atomic E-state index is 0.277. The third-order valence-corrected chi connectivity index (χ3v) is 3.99. The van der Waals surface area contributed by atoms with E-state index >= 15 is 0 Å². The summed E-state index contributed by atoms with van der Waals surface area (Å²) < 4.78 is 19.4. The van der Waals surface area contributed by atoms with Crippen molar-refractivity contribution in [1.82, 2.24) is 15.5 Å². The Morgan fingerprint density at radius 2 is 2.14 bits per heavy atom. The quantitative estimate of drug-likeness (QED) is 0.855. The van der Waals surface area contributed by atoms with Crippen LogP contribution in [0.3, 0.4) is 0 Å². The normalized spacial score (nSPS) is 12.9. The number of likely N-dealkylation sites (N-methyl/N-ethyl adjacent to an activating group) is 1. The van der Waals surface area contributed by atoms with E-state index in [1.165, 1.54) is 12.1 Å². The van der Waals surface area contributed by atoms with E-state index in [2.05, 4.69) is 52.2 Å². The first kappa shape index (κ1) is 16.1. The minimum atomic E-state index is -0.327. The number of nitrogens with one attached hydrogen (secondary N) is 1. The summed E-state index contributed by atoms with van der Waals surface area (Å²) in [6.45, 7) is 7.25. The van der Waals surface area contributed by atoms with Gasteiger partial charge in [0.15, 0.2) is 0 Å². The van der Waals surface area contributed by atoms with Crippen LogP contribution in [0.2, 0.25) is 0 Å². The van der Waals surface area contributed by atoms with E-state index in [0.29, 0.717) is 29.6 Å². The Balaban J connectivity index is 2.19. The molecular formula is C15H19BrFN3O. The van der Waals surface area contributed by atoms with Crippen LogP contribution in [0.25, 0.3) is 11.4 Å². The molecule has 1 atom stereocenters. The highest BCUT2D eigenvalue weighted by Gasteiger charge is 2.18. The molecule has 0 aliphatic carbocycles. The van der Waals surface area contributed by atoms with Gasteiger partial charge in [-0.2, -0.15) is 4.98 Å². The van der Waals surface area contributed by atoms with E-state index in [1.807, 2.05) is 0 Å². The van der Waals surface area contributed by atoms with Crippen LogP contribution in [0.5, 0.6) is 0 Å². The number of benzene rings is 1. The fourth-order valence-electron chi connectivity index (χ4n) is 2.11. The van der Waals surface area contributed by atoms with E-state index in [1.54, 1.807) is 6.07 Å². The van der Waals surface area contributed by atoms with Crippen molar-refractivity contribution in [2.75, 3.05) is 6.54 Å². The zero-order chi connectivity index (χ0) is 15.4. The maximum atomic E-state index is 13.3. The molecule has 21 heavy (non-hydrogen) atoms. The molecule has 0 aliphatic heterocycles. The Morgan fingerprint density at radius 1 is 1.38 bits per heavy atom. The molecule has 1 aromatic heterocycles. The molecule has 6 heteroatoms. The fraction of sp³-hybridized carbons (Fsp3) is 0.467. The molecule has 4 nitrogen and oxygen atoms in total. The molecule has 0 saturated heterocycles. The monoisotopic (exact) mass is 355 g/mol. The third-order valence-electron chi connectivity index (χ3n) is 3.30. The minimum Gasteiger partial charge on any atom is -0.339 e. The number of halogens is 2. The standard InChI is InChI=1S/C15H19BrFN3O/c1-4-18-13(9(2)3)8-14-19-15(20-21-14)11-7-10(17)5-6-12(11)16/h5-7,9,13,18H,4,8H2,1-3H3. The Kier molecular flexibility index (Phi) is 5.47. The number of aromatic nitrogens is 2. The fourth-order valence-corrected chi connectivity index (χ4v) is 2.53. The van der Waals surface area contributed by atoms with Gasteiger partial charge in [0.2, 0.25) is 11.7 Å². The van der Waals surface area contributed by atoms with Crippen LogP contribution in [0.4, 0.5) is 4.39 Å². The van der Waals surface area contributed by atoms with Crippen molar-refractivity contribution >= 4 is 15.9 Å². The highest BCUT2D eigenvalue weighted by molar-refractivity contribution is 9.10. The first-order chi connectivity index (χ1) is 10.0. The molecule has 2 rings (SSSR count). The van der Waals surface area contributed by atoms with Gasteiger partial charge in [-0.25, -0.2) is 4.39 Å². The lowest BCUT2D eigenvalue weighted by molar-refractivity contribution is 0.329. The molecule has 0 fully saturated rings. The number of hydrogen-bond acceptors (Lipinski definition) is 4. The van der Waals surface area contributed by atoms with Crippen LogP contribution in [0, 0.1) is 11.7 Å². The van der Waals surface area contributed by atoms with E-state index in [4.69, 9.17) is 4.52 Å². The van der Waals surface area contributed by atoms with E-state index in [9.17, 15) is 4.39 Å². The molecule has 0 aliphatic rings. The lowest BCUT2D eigenvalue weighted by Crippen LogP contribution is -2.35. The predicted molar refractivity (Wildman–Crippen MR) is 83.4 cm³/mol. The van der Waals surface area contributed by atoms with Crippen LogP contribution < -0.4 is 5.32 Å². The molecule has 0 amide bonds. The van der Waals surface area contributed by atoms with Crippen molar-refractivity contribution < 1.29 is 8.91 Å². The van der Waals surface area contributed by atoms with Gasteiger partial charge in [0.25, 0.3) is 0 Å². The largest absolute Gasteiger partial charge is 0.339 e. The molecule has 1 heterocycles. The van der Waals surface area contributed by atoms with Gasteiger partial charge in [0.1, 0.15) is 5.82 Å². The van der Waals surface area contributed by atoms with Crippen LogP contribution >= 0.6 is 15.9 Å². The number of hydrogen-bond donors (Lipinski definition) is 1. The Hall–Kier alpha value is -1.27. The topological polar surface area (TPSA) is 51.0 Å². The highest BCUT2D eigenvalue weighted by Crippen LogP contribution is 2.27. The van der Waals surface area contributed by atoms with E-state index in [0.717, 1.165) is 11.0 Å². The molecule has 0 bridgehead atoms. The molecule has 114 valence electrons. The van der Waals surface area contributed by atoms with Gasteiger partial charge in [-0.05, 0) is 30.7 Å². The predicted octanol–water partition coefficient (Wildman–Crippen LogP) is 3.81. The second kappa shape index (κ2) is 7.13. The summed E-state index contributed by atoms with van der Waals surface area (Å²) in [5, 5.41) is 7.35. The SMILES string of the molecule is CCNC(Cc1nc(-c2cc(F)ccc2Br)no1)C(C)C.